The molecular formula is C10H7IOS. The van der Waals surface area contributed by atoms with Gasteiger partial charge in [0.05, 0.1) is 0 Å². The molecule has 0 fully saturated rings. The van der Waals surface area contributed by atoms with Gasteiger partial charge < -0.3 is 0 Å². The molecule has 0 amide bonds. The van der Waals surface area contributed by atoms with Crippen molar-refractivity contribution in [3.8, 4) is 0 Å². The molecule has 0 bridgehead atoms. The van der Waals surface area contributed by atoms with Crippen LogP contribution in [0.5, 0.6) is 0 Å². The maximum atomic E-state index is 10.8. The average Bonchev–Trinajstić information content (AvgIpc) is 2.39. The van der Waals surface area contributed by atoms with Crippen LogP contribution in [0.25, 0.3) is 10.1 Å². The van der Waals surface area contributed by atoms with E-state index >= 15 is 0 Å². The summed E-state index contributed by atoms with van der Waals surface area (Å²) in [5.74, 6) is 0. The molecule has 1 aromatic carbocycles. The molecule has 2 rings (SSSR count). The molecule has 3 heteroatoms. The van der Waals surface area contributed by atoms with E-state index in [1.165, 1.54) is 8.27 Å². The first-order valence-corrected chi connectivity index (χ1v) is 5.75. The summed E-state index contributed by atoms with van der Waals surface area (Å²) in [4.78, 5) is 11.9. The van der Waals surface area contributed by atoms with E-state index in [1.807, 2.05) is 19.1 Å². The number of carbonyl (C=O) groups excluding carboxylic acids is 1. The second-order valence-corrected chi connectivity index (χ2v) is 5.33. The number of rotatable bonds is 1. The lowest BCUT2D eigenvalue weighted by atomic mass is 10.1. The number of hydrogen-bond acceptors (Lipinski definition) is 2. The van der Waals surface area contributed by atoms with Gasteiger partial charge in [-0.25, -0.2) is 0 Å². The van der Waals surface area contributed by atoms with Crippen molar-refractivity contribution in [1.29, 1.82) is 0 Å². The smallest absolute Gasteiger partial charge is 0.151 e. The number of aryl methyl sites for hydroxylation is 1. The summed E-state index contributed by atoms with van der Waals surface area (Å²) in [5, 5.41) is 1.08. The van der Waals surface area contributed by atoms with Gasteiger partial charge in [-0.05, 0) is 41.6 Å². The van der Waals surface area contributed by atoms with Crippen LogP contribution in [-0.2, 0) is 0 Å². The molecule has 0 aliphatic carbocycles. The number of fused-ring (bicyclic) bond motifs is 1. The number of hydrogen-bond donors (Lipinski definition) is 0. The Labute approximate surface area is 93.9 Å². The summed E-state index contributed by atoms with van der Waals surface area (Å²) in [5.41, 5.74) is 0.844. The standard InChI is InChI=1S/C10H7IOS/c1-6-9(5-12)8-3-2-7(11)4-10(8)13-6/h2-5H,1H3. The number of thiophene rings is 1. The van der Waals surface area contributed by atoms with Gasteiger partial charge in [0, 0.05) is 24.1 Å². The zero-order chi connectivity index (χ0) is 9.42. The fourth-order valence-corrected chi connectivity index (χ4v) is 3.13. The number of carbonyl (C=O) groups is 1. The second kappa shape index (κ2) is 3.38. The van der Waals surface area contributed by atoms with Crippen LogP contribution in [0.3, 0.4) is 0 Å². The van der Waals surface area contributed by atoms with Crippen molar-refractivity contribution in [2.45, 2.75) is 6.92 Å². The van der Waals surface area contributed by atoms with Gasteiger partial charge in [0.25, 0.3) is 0 Å². The number of benzene rings is 1. The summed E-state index contributed by atoms with van der Waals surface area (Å²) >= 11 is 3.96. The third kappa shape index (κ3) is 1.50. The highest BCUT2D eigenvalue weighted by atomic mass is 127. The molecule has 1 heterocycles. The lowest BCUT2D eigenvalue weighted by Crippen LogP contribution is -1.78. The van der Waals surface area contributed by atoms with Crippen LogP contribution in [0.4, 0.5) is 0 Å². The molecule has 0 unspecified atom stereocenters. The molecule has 66 valence electrons. The quantitative estimate of drug-likeness (QED) is 0.581. The van der Waals surface area contributed by atoms with Crippen molar-refractivity contribution in [2.24, 2.45) is 0 Å². The molecular weight excluding hydrogens is 295 g/mol. The van der Waals surface area contributed by atoms with Gasteiger partial charge in [0.2, 0.25) is 0 Å². The van der Waals surface area contributed by atoms with Crippen molar-refractivity contribution < 1.29 is 4.79 Å². The summed E-state index contributed by atoms with van der Waals surface area (Å²) in [6.07, 6.45) is 0.945. The highest BCUT2D eigenvalue weighted by Gasteiger charge is 2.07. The van der Waals surface area contributed by atoms with Gasteiger partial charge in [-0.1, -0.05) is 6.07 Å². The van der Waals surface area contributed by atoms with E-state index in [0.717, 1.165) is 22.1 Å². The molecule has 0 N–H and O–H groups in total. The molecule has 0 saturated carbocycles. The van der Waals surface area contributed by atoms with Crippen LogP contribution in [-0.4, -0.2) is 6.29 Å². The average molecular weight is 302 g/mol. The van der Waals surface area contributed by atoms with Crippen LogP contribution >= 0.6 is 33.9 Å². The number of halogens is 1. The fourth-order valence-electron chi connectivity index (χ4n) is 1.36. The Bertz CT molecular complexity index is 473. The largest absolute Gasteiger partial charge is 0.298 e. The normalized spacial score (nSPS) is 10.6. The van der Waals surface area contributed by atoms with Crippen LogP contribution in [0, 0.1) is 10.5 Å². The van der Waals surface area contributed by atoms with E-state index < -0.39 is 0 Å². The van der Waals surface area contributed by atoms with Crippen molar-refractivity contribution in [2.75, 3.05) is 0 Å². The Morgan fingerprint density at radius 2 is 2.23 bits per heavy atom. The minimum Gasteiger partial charge on any atom is -0.298 e. The molecule has 13 heavy (non-hydrogen) atoms. The van der Waals surface area contributed by atoms with E-state index in [9.17, 15) is 4.79 Å². The summed E-state index contributed by atoms with van der Waals surface area (Å²) in [6, 6.07) is 6.16. The molecule has 0 atom stereocenters. The summed E-state index contributed by atoms with van der Waals surface area (Å²) in [6.45, 7) is 1.99. The van der Waals surface area contributed by atoms with Crippen molar-refractivity contribution in [1.82, 2.24) is 0 Å². The highest BCUT2D eigenvalue weighted by Crippen LogP contribution is 2.30. The highest BCUT2D eigenvalue weighted by molar-refractivity contribution is 14.1. The van der Waals surface area contributed by atoms with Crippen molar-refractivity contribution >= 4 is 50.3 Å². The van der Waals surface area contributed by atoms with Gasteiger partial charge in [0.1, 0.15) is 0 Å². The Morgan fingerprint density at radius 3 is 2.92 bits per heavy atom. The molecule has 1 aromatic heterocycles. The maximum absolute atomic E-state index is 10.8. The minimum absolute atomic E-state index is 0.844. The van der Waals surface area contributed by atoms with E-state index in [2.05, 4.69) is 28.7 Å². The zero-order valence-corrected chi connectivity index (χ0v) is 9.98. The molecule has 1 nitrogen and oxygen atoms in total. The molecule has 0 saturated heterocycles. The van der Waals surface area contributed by atoms with E-state index in [-0.39, 0.29) is 0 Å². The Balaban J connectivity index is 2.86. The third-order valence-corrected chi connectivity index (χ3v) is 3.75. The second-order valence-electron chi connectivity index (χ2n) is 2.83. The van der Waals surface area contributed by atoms with Crippen LogP contribution in [0.2, 0.25) is 0 Å². The van der Waals surface area contributed by atoms with Gasteiger partial charge in [-0.3, -0.25) is 4.79 Å². The van der Waals surface area contributed by atoms with E-state index in [1.54, 1.807) is 11.3 Å². The Morgan fingerprint density at radius 1 is 1.46 bits per heavy atom. The van der Waals surface area contributed by atoms with Crippen LogP contribution < -0.4 is 0 Å². The van der Waals surface area contributed by atoms with Gasteiger partial charge in [0.15, 0.2) is 6.29 Å². The molecule has 2 aromatic rings. The fraction of sp³-hybridized carbons (Fsp3) is 0.100. The van der Waals surface area contributed by atoms with E-state index in [0.29, 0.717) is 0 Å². The summed E-state index contributed by atoms with van der Waals surface area (Å²) in [7, 11) is 0. The molecule has 0 spiro atoms. The minimum atomic E-state index is 0.844. The first kappa shape index (κ1) is 9.15. The number of aldehydes is 1. The first-order chi connectivity index (χ1) is 6.22. The molecule has 0 radical (unpaired) electrons. The topological polar surface area (TPSA) is 17.1 Å². The predicted molar refractivity (Wildman–Crippen MR) is 64.7 cm³/mol. The van der Waals surface area contributed by atoms with Gasteiger partial charge in [-0.2, -0.15) is 0 Å². The van der Waals surface area contributed by atoms with Crippen molar-refractivity contribution in [3.05, 3.63) is 32.2 Å². The SMILES string of the molecule is Cc1sc2cc(I)ccc2c1C=O. The van der Waals surface area contributed by atoms with Gasteiger partial charge >= 0.3 is 0 Å². The lowest BCUT2D eigenvalue weighted by molar-refractivity contribution is 0.112. The zero-order valence-electron chi connectivity index (χ0n) is 7.00. The van der Waals surface area contributed by atoms with Gasteiger partial charge in [-0.15, -0.1) is 11.3 Å². The lowest BCUT2D eigenvalue weighted by Gasteiger charge is -1.91. The van der Waals surface area contributed by atoms with Crippen LogP contribution in [0.15, 0.2) is 18.2 Å². The molecule has 0 aliphatic heterocycles. The Kier molecular flexibility index (Phi) is 2.38. The molecule has 0 aliphatic rings. The van der Waals surface area contributed by atoms with Crippen molar-refractivity contribution in [3.63, 3.8) is 0 Å². The summed E-state index contributed by atoms with van der Waals surface area (Å²) < 4.78 is 2.41. The Hall–Kier alpha value is -0.420. The monoisotopic (exact) mass is 302 g/mol. The van der Waals surface area contributed by atoms with Crippen LogP contribution in [0.1, 0.15) is 15.2 Å². The third-order valence-electron chi connectivity index (χ3n) is 1.99. The maximum Gasteiger partial charge on any atom is 0.151 e. The predicted octanol–water partition coefficient (Wildman–Crippen LogP) is 3.63. The first-order valence-electron chi connectivity index (χ1n) is 3.86. The van der Waals surface area contributed by atoms with E-state index in [4.69, 9.17) is 0 Å².